The fraction of sp³-hybridized carbons (Fsp3) is 0.469. The lowest BCUT2D eigenvalue weighted by atomic mass is 9.99. The second-order valence-electron chi connectivity index (χ2n) is 11.9. The maximum atomic E-state index is 16.5. The van der Waals surface area contributed by atoms with E-state index < -0.39 is 23.6 Å². The second kappa shape index (κ2) is 11.8. The lowest BCUT2D eigenvalue weighted by molar-refractivity contribution is -0.131. The van der Waals surface area contributed by atoms with Gasteiger partial charge in [0.2, 0.25) is 0 Å². The SMILES string of the molecule is C=C(F)C(=O)N1CCN(c2nc(OC[C@@H]3CCCN3C)nc3c(F)c(-c4cccc5c4CC(C)C5)ncc23)C[C@@H]1CC#N. The summed E-state index contributed by atoms with van der Waals surface area (Å²) in [5.41, 5.74) is 3.44. The molecule has 1 aromatic carbocycles. The third-order valence-corrected chi connectivity index (χ3v) is 8.97. The van der Waals surface area contributed by atoms with Crippen LogP contribution in [0.15, 0.2) is 36.8 Å². The molecule has 2 aliphatic heterocycles. The summed E-state index contributed by atoms with van der Waals surface area (Å²) in [6, 6.07) is 7.68. The van der Waals surface area contributed by atoms with Crippen molar-refractivity contribution in [1.82, 2.24) is 24.8 Å². The number of benzene rings is 1. The fourth-order valence-corrected chi connectivity index (χ4v) is 6.71. The van der Waals surface area contributed by atoms with E-state index in [0.29, 0.717) is 23.7 Å². The summed E-state index contributed by atoms with van der Waals surface area (Å²) in [4.78, 5) is 31.8. The molecule has 1 aliphatic carbocycles. The Labute approximate surface area is 249 Å². The van der Waals surface area contributed by atoms with Crippen molar-refractivity contribution in [3.8, 4) is 23.3 Å². The lowest BCUT2D eigenvalue weighted by Gasteiger charge is -2.41. The zero-order valence-corrected chi connectivity index (χ0v) is 24.5. The van der Waals surface area contributed by atoms with Crippen molar-refractivity contribution in [2.45, 2.75) is 51.1 Å². The Morgan fingerprint density at radius 2 is 2.05 bits per heavy atom. The Morgan fingerprint density at radius 1 is 1.21 bits per heavy atom. The van der Waals surface area contributed by atoms with E-state index in [9.17, 15) is 14.4 Å². The molecule has 0 saturated carbocycles. The minimum absolute atomic E-state index is 0.00972. The van der Waals surface area contributed by atoms with Crippen LogP contribution in [0.2, 0.25) is 0 Å². The summed E-state index contributed by atoms with van der Waals surface area (Å²) < 4.78 is 36.4. The van der Waals surface area contributed by atoms with Crippen LogP contribution < -0.4 is 9.64 Å². The van der Waals surface area contributed by atoms with Crippen LogP contribution in [-0.4, -0.2) is 82.6 Å². The van der Waals surface area contributed by atoms with Crippen molar-refractivity contribution < 1.29 is 18.3 Å². The van der Waals surface area contributed by atoms with Crippen molar-refractivity contribution in [2.75, 3.05) is 44.7 Å². The molecule has 2 fully saturated rings. The highest BCUT2D eigenvalue weighted by Gasteiger charge is 2.34. The van der Waals surface area contributed by atoms with Crippen molar-refractivity contribution in [3.05, 3.63) is 53.7 Å². The lowest BCUT2D eigenvalue weighted by Crippen LogP contribution is -2.55. The number of hydrogen-bond acceptors (Lipinski definition) is 8. The first kappa shape index (κ1) is 28.9. The number of likely N-dealkylation sites (tertiary alicyclic amines) is 1. The van der Waals surface area contributed by atoms with Crippen molar-refractivity contribution >= 4 is 22.6 Å². The summed E-state index contributed by atoms with van der Waals surface area (Å²) in [5, 5.41) is 9.85. The van der Waals surface area contributed by atoms with Crippen molar-refractivity contribution in [2.24, 2.45) is 5.92 Å². The van der Waals surface area contributed by atoms with Gasteiger partial charge in [0.15, 0.2) is 11.6 Å². The van der Waals surface area contributed by atoms with E-state index in [1.165, 1.54) is 10.5 Å². The van der Waals surface area contributed by atoms with Gasteiger partial charge in [-0.2, -0.15) is 15.2 Å². The van der Waals surface area contributed by atoms with Gasteiger partial charge >= 0.3 is 6.01 Å². The van der Waals surface area contributed by atoms with E-state index in [1.54, 1.807) is 6.20 Å². The number of fused-ring (bicyclic) bond motifs is 2. The summed E-state index contributed by atoms with van der Waals surface area (Å²) in [6.45, 7) is 7.29. The molecule has 11 heteroatoms. The average Bonchev–Trinajstić information content (AvgIpc) is 3.59. The van der Waals surface area contributed by atoms with E-state index in [4.69, 9.17) is 9.72 Å². The molecular formula is C32H35F2N7O2. The Balaban J connectivity index is 1.42. The van der Waals surface area contributed by atoms with Gasteiger partial charge in [-0.1, -0.05) is 31.7 Å². The van der Waals surface area contributed by atoms with Gasteiger partial charge in [0.25, 0.3) is 5.91 Å². The minimum Gasteiger partial charge on any atom is -0.462 e. The molecule has 6 rings (SSSR count). The summed E-state index contributed by atoms with van der Waals surface area (Å²) in [5.74, 6) is -1.58. The number of halogens is 2. The quantitative estimate of drug-likeness (QED) is 0.374. The number of nitrogens with zero attached hydrogens (tertiary/aromatic N) is 7. The number of ether oxygens (including phenoxy) is 1. The van der Waals surface area contributed by atoms with Crippen LogP contribution in [0.1, 0.15) is 37.3 Å². The molecule has 224 valence electrons. The van der Waals surface area contributed by atoms with Gasteiger partial charge in [0, 0.05) is 37.4 Å². The molecule has 2 aromatic heterocycles. The maximum absolute atomic E-state index is 16.5. The van der Waals surface area contributed by atoms with Crippen LogP contribution in [0.25, 0.3) is 22.2 Å². The first-order valence-electron chi connectivity index (χ1n) is 14.8. The number of nitriles is 1. The molecule has 0 bridgehead atoms. The van der Waals surface area contributed by atoms with Crippen LogP contribution in [0.5, 0.6) is 6.01 Å². The molecule has 1 unspecified atom stereocenters. The highest BCUT2D eigenvalue weighted by atomic mass is 19.1. The van der Waals surface area contributed by atoms with Gasteiger partial charge in [-0.3, -0.25) is 9.78 Å². The molecule has 3 aromatic rings. The van der Waals surface area contributed by atoms with Gasteiger partial charge < -0.3 is 19.4 Å². The molecular weight excluding hydrogens is 552 g/mol. The van der Waals surface area contributed by atoms with Crippen LogP contribution in [0.3, 0.4) is 0 Å². The van der Waals surface area contributed by atoms with Crippen LogP contribution >= 0.6 is 0 Å². The van der Waals surface area contributed by atoms with E-state index >= 15 is 4.39 Å². The first-order chi connectivity index (χ1) is 20.7. The van der Waals surface area contributed by atoms with Crippen molar-refractivity contribution in [3.63, 3.8) is 0 Å². The zero-order chi connectivity index (χ0) is 30.2. The molecule has 43 heavy (non-hydrogen) atoms. The number of piperazine rings is 1. The number of pyridine rings is 1. The van der Waals surface area contributed by atoms with Crippen LogP contribution in [0.4, 0.5) is 14.6 Å². The maximum Gasteiger partial charge on any atom is 0.319 e. The number of amides is 1. The number of anilines is 1. The third-order valence-electron chi connectivity index (χ3n) is 8.97. The molecule has 0 N–H and O–H groups in total. The fourth-order valence-electron chi connectivity index (χ4n) is 6.71. The van der Waals surface area contributed by atoms with Gasteiger partial charge in [0.05, 0.1) is 23.9 Å². The molecule has 0 spiro atoms. The topological polar surface area (TPSA) is 98.5 Å². The van der Waals surface area contributed by atoms with E-state index in [2.05, 4.69) is 40.5 Å². The number of carbonyl (C=O) groups excluding carboxylic acids is 1. The Hall–Kier alpha value is -4.17. The highest BCUT2D eigenvalue weighted by molar-refractivity contribution is 5.93. The van der Waals surface area contributed by atoms with Crippen LogP contribution in [-0.2, 0) is 17.6 Å². The second-order valence-corrected chi connectivity index (χ2v) is 11.9. The standard InChI is InChI=1S/C32H35F2N7O2/c1-19-14-21-6-4-8-24(25(21)15-19)28-27(34)29-26(16-36-28)30(38-32(37-29)43-18-23-7-5-11-39(23)3)40-12-13-41(31(42)20(2)33)22(17-40)9-10-35/h4,6,8,16,19,22-23H,2,5,7,9,11-15,17-18H2,1,3H3/t19?,22-,23-/m0/s1. The Kier molecular flexibility index (Phi) is 7.97. The average molecular weight is 588 g/mol. The monoisotopic (exact) mass is 587 g/mol. The molecule has 1 amide bonds. The number of likely N-dealkylation sites (N-methyl/N-ethyl adjacent to an activating group) is 1. The van der Waals surface area contributed by atoms with Gasteiger partial charge in [-0.15, -0.1) is 0 Å². The van der Waals surface area contributed by atoms with Crippen LogP contribution in [0, 0.1) is 23.1 Å². The zero-order valence-electron chi connectivity index (χ0n) is 24.5. The number of carbonyl (C=O) groups is 1. The minimum atomic E-state index is -1.07. The van der Waals surface area contributed by atoms with E-state index in [-0.39, 0.29) is 49.3 Å². The Morgan fingerprint density at radius 3 is 2.79 bits per heavy atom. The van der Waals surface area contributed by atoms with Gasteiger partial charge in [0.1, 0.15) is 23.6 Å². The largest absolute Gasteiger partial charge is 0.462 e. The Bertz CT molecular complexity index is 1620. The highest BCUT2D eigenvalue weighted by Crippen LogP contribution is 2.38. The smallest absolute Gasteiger partial charge is 0.319 e. The summed E-state index contributed by atoms with van der Waals surface area (Å²) >= 11 is 0. The molecule has 0 radical (unpaired) electrons. The number of hydrogen-bond donors (Lipinski definition) is 0. The van der Waals surface area contributed by atoms with Crippen molar-refractivity contribution in [1.29, 1.82) is 5.26 Å². The number of rotatable bonds is 7. The summed E-state index contributed by atoms with van der Waals surface area (Å²) in [7, 11) is 2.05. The normalized spacial score (nSPS) is 22.1. The predicted octanol–water partition coefficient (Wildman–Crippen LogP) is 4.45. The predicted molar refractivity (Wildman–Crippen MR) is 159 cm³/mol. The third kappa shape index (κ3) is 5.52. The van der Waals surface area contributed by atoms with Gasteiger partial charge in [-0.05, 0) is 56.3 Å². The molecule has 4 heterocycles. The van der Waals surface area contributed by atoms with Gasteiger partial charge in [-0.25, -0.2) is 8.78 Å². The first-order valence-corrected chi connectivity index (χ1v) is 14.8. The molecule has 3 atom stereocenters. The number of aromatic nitrogens is 3. The summed E-state index contributed by atoms with van der Waals surface area (Å²) in [6.07, 6.45) is 5.46. The van der Waals surface area contributed by atoms with E-state index in [0.717, 1.165) is 43.4 Å². The molecule has 9 nitrogen and oxygen atoms in total. The molecule has 3 aliphatic rings. The van der Waals surface area contributed by atoms with E-state index in [1.807, 2.05) is 24.1 Å². The molecule has 2 saturated heterocycles.